The summed E-state index contributed by atoms with van der Waals surface area (Å²) in [4.78, 5) is 22.0. The number of amides is 1. The molecule has 0 aromatic carbocycles. The molecule has 0 aliphatic carbocycles. The average molecular weight is 235 g/mol. The summed E-state index contributed by atoms with van der Waals surface area (Å²) in [5.41, 5.74) is 6.60. The molecule has 2 rings (SSSR count). The molecule has 0 bridgehead atoms. The second kappa shape index (κ2) is 4.57. The van der Waals surface area contributed by atoms with Crippen LogP contribution in [-0.2, 0) is 4.79 Å². The summed E-state index contributed by atoms with van der Waals surface area (Å²) >= 11 is 0. The van der Waals surface area contributed by atoms with Gasteiger partial charge in [-0.3, -0.25) is 4.79 Å². The first-order valence-corrected chi connectivity index (χ1v) is 5.70. The highest BCUT2D eigenvalue weighted by Gasteiger charge is 2.32. The number of carbonyl (C=O) groups is 1. The molecular formula is C11H17N5O. The molecule has 1 aromatic rings. The lowest BCUT2D eigenvalue weighted by Gasteiger charge is -2.25. The lowest BCUT2D eigenvalue weighted by atomic mass is 10.2. The number of hydrogen-bond acceptors (Lipinski definition) is 5. The van der Waals surface area contributed by atoms with Crippen LogP contribution < -0.4 is 16.0 Å². The highest BCUT2D eigenvalue weighted by atomic mass is 16.2. The third-order valence-electron chi connectivity index (χ3n) is 3.17. The van der Waals surface area contributed by atoms with Crippen LogP contribution in [0.1, 0.15) is 18.4 Å². The van der Waals surface area contributed by atoms with Crippen molar-refractivity contribution in [2.45, 2.75) is 25.8 Å². The van der Waals surface area contributed by atoms with Gasteiger partial charge >= 0.3 is 0 Å². The third-order valence-corrected chi connectivity index (χ3v) is 3.17. The molecule has 1 amide bonds. The molecular weight excluding hydrogens is 218 g/mol. The van der Waals surface area contributed by atoms with Crippen molar-refractivity contribution in [1.29, 1.82) is 0 Å². The summed E-state index contributed by atoms with van der Waals surface area (Å²) in [7, 11) is 1.65. The summed E-state index contributed by atoms with van der Waals surface area (Å²) in [6.07, 6.45) is 3.28. The quantitative estimate of drug-likeness (QED) is 0.758. The van der Waals surface area contributed by atoms with E-state index in [0.717, 1.165) is 30.8 Å². The first-order chi connectivity index (χ1) is 8.15. The summed E-state index contributed by atoms with van der Waals surface area (Å²) in [5.74, 6) is 1.26. The zero-order valence-electron chi connectivity index (χ0n) is 10.1. The minimum atomic E-state index is -0.145. The molecule has 1 aliphatic heterocycles. The number of nitrogens with two attached hydrogens (primary N) is 1. The summed E-state index contributed by atoms with van der Waals surface area (Å²) < 4.78 is 0. The minimum absolute atomic E-state index is 0.0269. The standard InChI is InChI=1S/C11H17N5O/c1-7-9(12)14-6-15-10(7)16-5-3-4-8(16)11(17)13-2/h6,8H,3-5H2,1-2H3,(H,13,17)(H2,12,14,15). The summed E-state index contributed by atoms with van der Waals surface area (Å²) in [5, 5.41) is 2.69. The summed E-state index contributed by atoms with van der Waals surface area (Å²) in [6, 6.07) is -0.145. The predicted molar refractivity (Wildman–Crippen MR) is 65.6 cm³/mol. The van der Waals surface area contributed by atoms with Gasteiger partial charge in [0.25, 0.3) is 0 Å². The van der Waals surface area contributed by atoms with E-state index in [1.807, 2.05) is 11.8 Å². The molecule has 1 aromatic heterocycles. The maximum atomic E-state index is 11.8. The first-order valence-electron chi connectivity index (χ1n) is 5.70. The monoisotopic (exact) mass is 235 g/mol. The van der Waals surface area contributed by atoms with Crippen molar-refractivity contribution in [1.82, 2.24) is 15.3 Å². The summed E-state index contributed by atoms with van der Waals surface area (Å²) in [6.45, 7) is 2.71. The Morgan fingerprint density at radius 2 is 2.35 bits per heavy atom. The Balaban J connectivity index is 2.32. The lowest BCUT2D eigenvalue weighted by Crippen LogP contribution is -2.42. The molecule has 6 nitrogen and oxygen atoms in total. The van der Waals surface area contributed by atoms with E-state index in [9.17, 15) is 4.79 Å². The normalized spacial score (nSPS) is 19.4. The van der Waals surface area contributed by atoms with Gasteiger partial charge in [0.05, 0.1) is 0 Å². The SMILES string of the molecule is CNC(=O)C1CCCN1c1ncnc(N)c1C. The van der Waals surface area contributed by atoms with Crippen LogP contribution >= 0.6 is 0 Å². The molecule has 1 atom stereocenters. The van der Waals surface area contributed by atoms with Crippen LogP contribution in [0.2, 0.25) is 0 Å². The van der Waals surface area contributed by atoms with E-state index in [0.29, 0.717) is 5.82 Å². The topological polar surface area (TPSA) is 84.1 Å². The van der Waals surface area contributed by atoms with Gasteiger partial charge in [0, 0.05) is 19.2 Å². The van der Waals surface area contributed by atoms with Crippen molar-refractivity contribution in [3.8, 4) is 0 Å². The third kappa shape index (κ3) is 2.02. The Labute approximate surface area is 100 Å². The van der Waals surface area contributed by atoms with E-state index in [1.54, 1.807) is 7.05 Å². The van der Waals surface area contributed by atoms with Crippen LogP contribution in [0.5, 0.6) is 0 Å². The lowest BCUT2D eigenvalue weighted by molar-refractivity contribution is -0.121. The van der Waals surface area contributed by atoms with Crippen molar-refractivity contribution in [3.05, 3.63) is 11.9 Å². The van der Waals surface area contributed by atoms with Crippen molar-refractivity contribution in [3.63, 3.8) is 0 Å². The number of nitrogens with zero attached hydrogens (tertiary/aromatic N) is 3. The molecule has 0 saturated carbocycles. The van der Waals surface area contributed by atoms with Crippen molar-refractivity contribution < 1.29 is 4.79 Å². The fourth-order valence-corrected chi connectivity index (χ4v) is 2.20. The van der Waals surface area contributed by atoms with Gasteiger partial charge in [-0.1, -0.05) is 0 Å². The molecule has 0 radical (unpaired) electrons. The van der Waals surface area contributed by atoms with Gasteiger partial charge in [-0.05, 0) is 19.8 Å². The number of nitrogens with one attached hydrogen (secondary N) is 1. The number of anilines is 2. The van der Waals surface area contributed by atoms with Gasteiger partial charge in [-0.15, -0.1) is 0 Å². The fraction of sp³-hybridized carbons (Fsp3) is 0.545. The van der Waals surface area contributed by atoms with Crippen molar-refractivity contribution in [2.75, 3.05) is 24.2 Å². The zero-order chi connectivity index (χ0) is 12.4. The Morgan fingerprint density at radius 3 is 3.06 bits per heavy atom. The van der Waals surface area contributed by atoms with E-state index >= 15 is 0 Å². The van der Waals surface area contributed by atoms with Crippen molar-refractivity contribution >= 4 is 17.5 Å². The molecule has 17 heavy (non-hydrogen) atoms. The van der Waals surface area contributed by atoms with E-state index in [2.05, 4.69) is 15.3 Å². The molecule has 1 aliphatic rings. The fourth-order valence-electron chi connectivity index (χ4n) is 2.20. The Bertz CT molecular complexity index is 434. The number of likely N-dealkylation sites (N-methyl/N-ethyl adjacent to an activating group) is 1. The van der Waals surface area contributed by atoms with Gasteiger partial charge in [0.15, 0.2) is 0 Å². The highest BCUT2D eigenvalue weighted by Crippen LogP contribution is 2.27. The van der Waals surface area contributed by atoms with Gasteiger partial charge in [-0.2, -0.15) is 0 Å². The highest BCUT2D eigenvalue weighted by molar-refractivity contribution is 5.85. The van der Waals surface area contributed by atoms with Crippen LogP contribution in [-0.4, -0.2) is 35.5 Å². The maximum Gasteiger partial charge on any atom is 0.242 e. The largest absolute Gasteiger partial charge is 0.383 e. The molecule has 6 heteroatoms. The Hall–Kier alpha value is -1.85. The number of nitrogen functional groups attached to an aromatic ring is 1. The van der Waals surface area contributed by atoms with Crippen LogP contribution in [0.15, 0.2) is 6.33 Å². The number of hydrogen-bond donors (Lipinski definition) is 2. The average Bonchev–Trinajstić information content (AvgIpc) is 2.80. The van der Waals surface area contributed by atoms with E-state index in [4.69, 9.17) is 5.73 Å². The first kappa shape index (κ1) is 11.6. The van der Waals surface area contributed by atoms with Crippen molar-refractivity contribution in [2.24, 2.45) is 0 Å². The van der Waals surface area contributed by atoms with E-state index < -0.39 is 0 Å². The van der Waals surface area contributed by atoms with Crippen LogP contribution in [0.4, 0.5) is 11.6 Å². The smallest absolute Gasteiger partial charge is 0.242 e. The van der Waals surface area contributed by atoms with E-state index in [-0.39, 0.29) is 11.9 Å². The van der Waals surface area contributed by atoms with Gasteiger partial charge in [-0.25, -0.2) is 9.97 Å². The second-order valence-electron chi connectivity index (χ2n) is 4.17. The molecule has 3 N–H and O–H groups in total. The molecule has 1 unspecified atom stereocenters. The minimum Gasteiger partial charge on any atom is -0.383 e. The number of aromatic nitrogens is 2. The van der Waals surface area contributed by atoms with Crippen LogP contribution in [0.3, 0.4) is 0 Å². The Morgan fingerprint density at radius 1 is 1.59 bits per heavy atom. The number of rotatable bonds is 2. The second-order valence-corrected chi connectivity index (χ2v) is 4.17. The van der Waals surface area contributed by atoms with E-state index in [1.165, 1.54) is 6.33 Å². The van der Waals surface area contributed by atoms with Crippen LogP contribution in [0.25, 0.3) is 0 Å². The van der Waals surface area contributed by atoms with Gasteiger partial charge < -0.3 is 16.0 Å². The zero-order valence-corrected chi connectivity index (χ0v) is 10.1. The predicted octanol–water partition coefficient (Wildman–Crippen LogP) is 0.0820. The van der Waals surface area contributed by atoms with Gasteiger partial charge in [0.2, 0.25) is 5.91 Å². The molecule has 1 saturated heterocycles. The molecule has 1 fully saturated rings. The maximum absolute atomic E-state index is 11.8. The van der Waals surface area contributed by atoms with Gasteiger partial charge in [0.1, 0.15) is 24.0 Å². The molecule has 92 valence electrons. The Kier molecular flexibility index (Phi) is 3.12. The molecule has 2 heterocycles. The molecule has 0 spiro atoms. The van der Waals surface area contributed by atoms with Crippen LogP contribution in [0, 0.1) is 6.92 Å². The number of carbonyl (C=O) groups excluding carboxylic acids is 1.